The molecular formula is C18H14O7. The van der Waals surface area contributed by atoms with Crippen molar-refractivity contribution in [1.82, 2.24) is 0 Å². The molecule has 0 aliphatic carbocycles. The van der Waals surface area contributed by atoms with Gasteiger partial charge in [0.15, 0.2) is 6.61 Å². The number of carbonyl (C=O) groups is 1. The summed E-state index contributed by atoms with van der Waals surface area (Å²) in [6, 6.07) is 11.2. The zero-order valence-electron chi connectivity index (χ0n) is 13.2. The highest BCUT2D eigenvalue weighted by molar-refractivity contribution is 5.79. The number of rotatable bonds is 6. The Morgan fingerprint density at radius 1 is 1.08 bits per heavy atom. The number of methoxy groups -OCH3 is 1. The number of fused-ring (bicyclic) bond motifs is 1. The van der Waals surface area contributed by atoms with Crippen LogP contribution < -0.4 is 19.6 Å². The van der Waals surface area contributed by atoms with Crippen LogP contribution in [-0.4, -0.2) is 24.8 Å². The van der Waals surface area contributed by atoms with E-state index in [9.17, 15) is 9.59 Å². The lowest BCUT2D eigenvalue weighted by atomic mass is 10.2. The zero-order chi connectivity index (χ0) is 17.8. The maximum Gasteiger partial charge on any atom is 0.341 e. The Kier molecular flexibility index (Phi) is 4.56. The van der Waals surface area contributed by atoms with Crippen LogP contribution in [-0.2, 0) is 4.79 Å². The standard InChI is InChI=1S/C18H14O7/c1-22-11-2-4-12(5-3-11)25-16-9-24-15-8-13(23-10-17(19)20)6-7-14(15)18(16)21/h2-9H,10H2,1H3,(H,19,20). The lowest BCUT2D eigenvalue weighted by Crippen LogP contribution is -2.09. The molecule has 0 aliphatic heterocycles. The Morgan fingerprint density at radius 2 is 1.76 bits per heavy atom. The highest BCUT2D eigenvalue weighted by atomic mass is 16.5. The normalized spacial score (nSPS) is 10.4. The highest BCUT2D eigenvalue weighted by Crippen LogP contribution is 2.25. The predicted octanol–water partition coefficient (Wildman–Crippen LogP) is 3.06. The van der Waals surface area contributed by atoms with Crippen molar-refractivity contribution in [3.05, 3.63) is 59.0 Å². The second kappa shape index (κ2) is 6.96. The minimum atomic E-state index is -1.09. The smallest absolute Gasteiger partial charge is 0.341 e. The summed E-state index contributed by atoms with van der Waals surface area (Å²) in [5.41, 5.74) is -0.0724. The van der Waals surface area contributed by atoms with Crippen LogP contribution in [0.15, 0.2) is 57.9 Å². The molecule has 7 nitrogen and oxygen atoms in total. The second-order valence-electron chi connectivity index (χ2n) is 5.05. The van der Waals surface area contributed by atoms with E-state index in [1.807, 2.05) is 0 Å². The first kappa shape index (κ1) is 16.4. The van der Waals surface area contributed by atoms with Crippen molar-refractivity contribution in [3.63, 3.8) is 0 Å². The van der Waals surface area contributed by atoms with E-state index in [-0.39, 0.29) is 16.8 Å². The molecule has 0 aliphatic rings. The van der Waals surface area contributed by atoms with Crippen molar-refractivity contribution in [2.75, 3.05) is 13.7 Å². The maximum absolute atomic E-state index is 12.5. The third-order valence-electron chi connectivity index (χ3n) is 3.36. The SMILES string of the molecule is COc1ccc(Oc2coc3cc(OCC(=O)O)ccc3c2=O)cc1. The molecule has 0 atom stereocenters. The van der Waals surface area contributed by atoms with Crippen LogP contribution in [0, 0.1) is 0 Å². The number of hydrogen-bond acceptors (Lipinski definition) is 6. The minimum absolute atomic E-state index is 0.0388. The molecule has 0 radical (unpaired) electrons. The van der Waals surface area contributed by atoms with Crippen LogP contribution in [0.5, 0.6) is 23.0 Å². The fourth-order valence-corrected chi connectivity index (χ4v) is 2.17. The van der Waals surface area contributed by atoms with Crippen molar-refractivity contribution in [1.29, 1.82) is 0 Å². The molecule has 1 aromatic heterocycles. The predicted molar refractivity (Wildman–Crippen MR) is 88.7 cm³/mol. The van der Waals surface area contributed by atoms with Crippen LogP contribution in [0.2, 0.25) is 0 Å². The van der Waals surface area contributed by atoms with Crippen molar-refractivity contribution in [2.45, 2.75) is 0 Å². The summed E-state index contributed by atoms with van der Waals surface area (Å²) in [6.45, 7) is -0.478. The van der Waals surface area contributed by atoms with Crippen LogP contribution in [0.1, 0.15) is 0 Å². The van der Waals surface area contributed by atoms with Gasteiger partial charge in [-0.05, 0) is 36.4 Å². The van der Waals surface area contributed by atoms with E-state index >= 15 is 0 Å². The molecule has 0 fully saturated rings. The maximum atomic E-state index is 12.5. The van der Waals surface area contributed by atoms with Gasteiger partial charge in [-0.2, -0.15) is 0 Å². The van der Waals surface area contributed by atoms with Gasteiger partial charge in [0.25, 0.3) is 0 Å². The molecule has 1 N–H and O–H groups in total. The Hall–Kier alpha value is -3.48. The van der Waals surface area contributed by atoms with Gasteiger partial charge in [-0.15, -0.1) is 0 Å². The number of hydrogen-bond donors (Lipinski definition) is 1. The summed E-state index contributed by atoms with van der Waals surface area (Å²) in [5.74, 6) is 0.379. The molecule has 0 bridgehead atoms. The summed E-state index contributed by atoms with van der Waals surface area (Å²) >= 11 is 0. The van der Waals surface area contributed by atoms with Crippen molar-refractivity contribution < 1.29 is 28.5 Å². The van der Waals surface area contributed by atoms with E-state index < -0.39 is 12.6 Å². The summed E-state index contributed by atoms with van der Waals surface area (Å²) in [7, 11) is 1.56. The molecule has 2 aromatic carbocycles. The van der Waals surface area contributed by atoms with E-state index in [0.29, 0.717) is 22.6 Å². The van der Waals surface area contributed by atoms with Gasteiger partial charge in [-0.25, -0.2) is 4.79 Å². The second-order valence-corrected chi connectivity index (χ2v) is 5.05. The minimum Gasteiger partial charge on any atom is -0.497 e. The molecule has 25 heavy (non-hydrogen) atoms. The Morgan fingerprint density at radius 3 is 2.44 bits per heavy atom. The van der Waals surface area contributed by atoms with Crippen molar-refractivity contribution >= 4 is 16.9 Å². The molecule has 0 spiro atoms. The number of aliphatic carboxylic acids is 1. The van der Waals surface area contributed by atoms with Gasteiger partial charge in [0, 0.05) is 6.07 Å². The lowest BCUT2D eigenvalue weighted by Gasteiger charge is -2.07. The molecule has 3 aromatic rings. The van der Waals surface area contributed by atoms with E-state index in [2.05, 4.69) is 0 Å². The van der Waals surface area contributed by atoms with Crippen LogP contribution >= 0.6 is 0 Å². The molecule has 0 amide bonds. The topological polar surface area (TPSA) is 95.2 Å². The zero-order valence-corrected chi connectivity index (χ0v) is 13.2. The summed E-state index contributed by atoms with van der Waals surface area (Å²) in [4.78, 5) is 23.0. The van der Waals surface area contributed by atoms with Crippen LogP contribution in [0.3, 0.4) is 0 Å². The van der Waals surface area contributed by atoms with E-state index in [4.69, 9.17) is 23.7 Å². The molecule has 7 heteroatoms. The molecule has 128 valence electrons. The van der Waals surface area contributed by atoms with Gasteiger partial charge in [-0.3, -0.25) is 4.79 Å². The first-order chi connectivity index (χ1) is 12.1. The van der Waals surface area contributed by atoms with Gasteiger partial charge in [-0.1, -0.05) is 0 Å². The quantitative estimate of drug-likeness (QED) is 0.735. The Labute approximate surface area is 142 Å². The first-order valence-corrected chi connectivity index (χ1v) is 7.29. The molecule has 1 heterocycles. The fraction of sp³-hybridized carbons (Fsp3) is 0.111. The number of benzene rings is 2. The molecule has 0 saturated carbocycles. The summed E-state index contributed by atoms with van der Waals surface area (Å²) in [5, 5.41) is 8.92. The van der Waals surface area contributed by atoms with Gasteiger partial charge in [0.05, 0.1) is 12.5 Å². The lowest BCUT2D eigenvalue weighted by molar-refractivity contribution is -0.139. The van der Waals surface area contributed by atoms with E-state index in [0.717, 1.165) is 0 Å². The highest BCUT2D eigenvalue weighted by Gasteiger charge is 2.11. The molecular weight excluding hydrogens is 328 g/mol. The Bertz CT molecular complexity index is 957. The summed E-state index contributed by atoms with van der Waals surface area (Å²) in [6.07, 6.45) is 1.20. The fourth-order valence-electron chi connectivity index (χ4n) is 2.17. The van der Waals surface area contributed by atoms with Gasteiger partial charge < -0.3 is 23.7 Å². The first-order valence-electron chi connectivity index (χ1n) is 7.29. The average molecular weight is 342 g/mol. The average Bonchev–Trinajstić information content (AvgIpc) is 2.63. The number of ether oxygens (including phenoxy) is 3. The van der Waals surface area contributed by atoms with Gasteiger partial charge >= 0.3 is 5.97 Å². The van der Waals surface area contributed by atoms with Crippen molar-refractivity contribution in [2.24, 2.45) is 0 Å². The Balaban J connectivity index is 1.87. The number of carboxylic acids is 1. The van der Waals surface area contributed by atoms with Crippen LogP contribution in [0.25, 0.3) is 11.0 Å². The molecule has 3 rings (SSSR count). The number of carboxylic acid groups (broad SMARTS) is 1. The largest absolute Gasteiger partial charge is 0.497 e. The third-order valence-corrected chi connectivity index (χ3v) is 3.36. The molecule has 0 saturated heterocycles. The van der Waals surface area contributed by atoms with Gasteiger partial charge in [0.1, 0.15) is 29.1 Å². The molecule has 0 unspecified atom stereocenters. The third kappa shape index (κ3) is 3.72. The van der Waals surface area contributed by atoms with Crippen molar-refractivity contribution in [3.8, 4) is 23.0 Å². The van der Waals surface area contributed by atoms with Crippen LogP contribution in [0.4, 0.5) is 0 Å². The monoisotopic (exact) mass is 342 g/mol. The van der Waals surface area contributed by atoms with E-state index in [1.165, 1.54) is 24.5 Å². The van der Waals surface area contributed by atoms with E-state index in [1.54, 1.807) is 31.4 Å². The van der Waals surface area contributed by atoms with Gasteiger partial charge in [0.2, 0.25) is 11.2 Å². The summed E-state index contributed by atoms with van der Waals surface area (Å²) < 4.78 is 21.1.